The lowest BCUT2D eigenvalue weighted by atomic mass is 9.97. The highest BCUT2D eigenvalue weighted by Gasteiger charge is 2.26. The van der Waals surface area contributed by atoms with Crippen molar-refractivity contribution in [1.29, 1.82) is 0 Å². The minimum atomic E-state index is -0.833. The molecule has 0 fully saturated rings. The average Bonchev–Trinajstić information content (AvgIpc) is 2.90. The lowest BCUT2D eigenvalue weighted by Crippen LogP contribution is -1.98. The second kappa shape index (κ2) is 6.80. The molecule has 1 unspecified atom stereocenters. The Bertz CT molecular complexity index is 682. The lowest BCUT2D eigenvalue weighted by molar-refractivity contribution is -0.384. The number of rotatable bonds is 2. The first kappa shape index (κ1) is 15.6. The van der Waals surface area contributed by atoms with Crippen molar-refractivity contribution in [2.45, 2.75) is 25.7 Å². The number of pyridine rings is 1. The van der Waals surface area contributed by atoms with Gasteiger partial charge in [-0.25, -0.2) is 0 Å². The van der Waals surface area contributed by atoms with Crippen molar-refractivity contribution in [1.82, 2.24) is 4.98 Å². The summed E-state index contributed by atoms with van der Waals surface area (Å²) in [4.78, 5) is 23.8. The molecule has 0 bridgehead atoms. The van der Waals surface area contributed by atoms with Crippen LogP contribution >= 0.6 is 0 Å². The molecule has 1 aromatic carbocycles. The molecule has 0 amide bonds. The van der Waals surface area contributed by atoms with Crippen molar-refractivity contribution >= 4 is 11.7 Å². The van der Waals surface area contributed by atoms with Crippen molar-refractivity contribution in [2.24, 2.45) is 0 Å². The Labute approximate surface area is 127 Å². The molecule has 0 radical (unpaired) electrons. The van der Waals surface area contributed by atoms with Gasteiger partial charge in [0.05, 0.1) is 4.92 Å². The van der Waals surface area contributed by atoms with E-state index < -0.39 is 5.97 Å². The number of carbonyl (C=O) groups is 1. The Balaban J connectivity index is 0.000000396. The van der Waals surface area contributed by atoms with Crippen LogP contribution in [0.15, 0.2) is 42.6 Å². The summed E-state index contributed by atoms with van der Waals surface area (Å²) in [6.07, 6.45) is 3.66. The highest BCUT2D eigenvalue weighted by atomic mass is 16.6. The summed E-state index contributed by atoms with van der Waals surface area (Å²) >= 11 is 0. The summed E-state index contributed by atoms with van der Waals surface area (Å²) < 4.78 is 0. The van der Waals surface area contributed by atoms with Crippen molar-refractivity contribution in [3.63, 3.8) is 0 Å². The van der Waals surface area contributed by atoms with E-state index in [4.69, 9.17) is 9.90 Å². The van der Waals surface area contributed by atoms with Gasteiger partial charge in [0.15, 0.2) is 0 Å². The Morgan fingerprint density at radius 2 is 2.09 bits per heavy atom. The van der Waals surface area contributed by atoms with E-state index in [0.717, 1.165) is 31.0 Å². The van der Waals surface area contributed by atoms with Crippen LogP contribution < -0.4 is 0 Å². The number of carboxylic acid groups (broad SMARTS) is 1. The van der Waals surface area contributed by atoms with Crippen LogP contribution in [-0.2, 0) is 11.2 Å². The first-order chi connectivity index (χ1) is 10.5. The van der Waals surface area contributed by atoms with Crippen molar-refractivity contribution in [3.05, 3.63) is 69.5 Å². The van der Waals surface area contributed by atoms with Crippen LogP contribution in [0, 0.1) is 10.1 Å². The molecule has 2 aromatic rings. The summed E-state index contributed by atoms with van der Waals surface area (Å²) in [5.74, 6) is -0.554. The van der Waals surface area contributed by atoms with Gasteiger partial charge in [-0.05, 0) is 36.1 Å². The number of nitro groups is 1. The Hall–Kier alpha value is -2.76. The van der Waals surface area contributed by atoms with E-state index in [2.05, 4.69) is 4.98 Å². The molecule has 0 spiro atoms. The second-order valence-electron chi connectivity index (χ2n) is 5.01. The predicted octanol–water partition coefficient (Wildman–Crippen LogP) is 3.16. The summed E-state index contributed by atoms with van der Waals surface area (Å²) in [6, 6.07) is 11.0. The third-order valence-corrected chi connectivity index (χ3v) is 3.46. The molecule has 22 heavy (non-hydrogen) atoms. The first-order valence-electron chi connectivity index (χ1n) is 6.86. The summed E-state index contributed by atoms with van der Waals surface area (Å²) in [5, 5.41) is 18.2. The van der Waals surface area contributed by atoms with Gasteiger partial charge in [0, 0.05) is 36.9 Å². The molecule has 6 heteroatoms. The molecule has 114 valence electrons. The van der Waals surface area contributed by atoms with Crippen LogP contribution in [-0.4, -0.2) is 21.0 Å². The maximum Gasteiger partial charge on any atom is 0.300 e. The lowest BCUT2D eigenvalue weighted by Gasteiger charge is -2.10. The summed E-state index contributed by atoms with van der Waals surface area (Å²) in [5.41, 5.74) is 3.49. The number of non-ortho nitro benzene ring substituents is 1. The molecule has 0 saturated heterocycles. The zero-order valence-electron chi connectivity index (χ0n) is 12.1. The fraction of sp³-hybridized carbons (Fsp3) is 0.250. The number of hydrogen-bond acceptors (Lipinski definition) is 4. The first-order valence-corrected chi connectivity index (χ1v) is 6.86. The van der Waals surface area contributed by atoms with Crippen LogP contribution in [0.4, 0.5) is 5.69 Å². The number of nitrogens with zero attached hydrogens (tertiary/aromatic N) is 2. The number of aromatic nitrogens is 1. The maximum absolute atomic E-state index is 10.7. The fourth-order valence-electron chi connectivity index (χ4n) is 2.61. The molecule has 1 aliphatic carbocycles. The molecule has 3 rings (SSSR count). The smallest absolute Gasteiger partial charge is 0.300 e. The van der Waals surface area contributed by atoms with Gasteiger partial charge in [0.2, 0.25) is 0 Å². The molecule has 0 saturated carbocycles. The van der Waals surface area contributed by atoms with Crippen LogP contribution in [0.2, 0.25) is 0 Å². The monoisotopic (exact) mass is 300 g/mol. The maximum atomic E-state index is 10.7. The van der Waals surface area contributed by atoms with Crippen molar-refractivity contribution in [3.8, 4) is 0 Å². The molecule has 1 aliphatic rings. The number of aryl methyl sites for hydroxylation is 1. The molecule has 1 heterocycles. The van der Waals surface area contributed by atoms with E-state index in [-0.39, 0.29) is 16.5 Å². The Morgan fingerprint density at radius 1 is 1.36 bits per heavy atom. The predicted molar refractivity (Wildman–Crippen MR) is 80.8 cm³/mol. The van der Waals surface area contributed by atoms with Crippen LogP contribution in [0.1, 0.15) is 36.1 Å². The minimum Gasteiger partial charge on any atom is -0.481 e. The standard InChI is InChI=1S/C14H12N2O2.C2H4O2/c17-16(18)11-5-7-12-10(9-11)4-6-13(12)14-3-1-2-8-15-14;1-2(3)4/h1-3,5,7-9,13H,4,6H2;1H3,(H,3,4). The largest absolute Gasteiger partial charge is 0.481 e. The normalized spacial score (nSPS) is 15.4. The molecule has 1 N–H and O–H groups in total. The van der Waals surface area contributed by atoms with Gasteiger partial charge in [-0.2, -0.15) is 0 Å². The fourth-order valence-corrected chi connectivity index (χ4v) is 2.61. The molecule has 1 atom stereocenters. The van der Waals surface area contributed by atoms with E-state index in [1.165, 1.54) is 5.56 Å². The quantitative estimate of drug-likeness (QED) is 0.679. The zero-order valence-corrected chi connectivity index (χ0v) is 12.1. The Morgan fingerprint density at radius 3 is 2.68 bits per heavy atom. The van der Waals surface area contributed by atoms with Gasteiger partial charge >= 0.3 is 0 Å². The molecule has 6 nitrogen and oxygen atoms in total. The molecular weight excluding hydrogens is 284 g/mol. The van der Waals surface area contributed by atoms with Gasteiger partial charge in [-0.1, -0.05) is 12.1 Å². The molecule has 1 aromatic heterocycles. The number of benzene rings is 1. The topological polar surface area (TPSA) is 93.3 Å². The summed E-state index contributed by atoms with van der Waals surface area (Å²) in [7, 11) is 0. The average molecular weight is 300 g/mol. The van der Waals surface area contributed by atoms with Gasteiger partial charge in [0.1, 0.15) is 0 Å². The second-order valence-corrected chi connectivity index (χ2v) is 5.01. The number of aliphatic carboxylic acids is 1. The highest BCUT2D eigenvalue weighted by Crippen LogP contribution is 2.38. The van der Waals surface area contributed by atoms with Gasteiger partial charge < -0.3 is 5.11 Å². The summed E-state index contributed by atoms with van der Waals surface area (Å²) in [6.45, 7) is 1.08. The highest BCUT2D eigenvalue weighted by molar-refractivity contribution is 5.62. The van der Waals surface area contributed by atoms with Gasteiger partial charge in [-0.15, -0.1) is 0 Å². The van der Waals surface area contributed by atoms with E-state index in [1.54, 1.807) is 18.3 Å². The number of nitro benzene ring substituents is 1. The van der Waals surface area contributed by atoms with Crippen LogP contribution in [0.5, 0.6) is 0 Å². The third-order valence-electron chi connectivity index (χ3n) is 3.46. The van der Waals surface area contributed by atoms with E-state index in [9.17, 15) is 10.1 Å². The third kappa shape index (κ3) is 3.66. The van der Waals surface area contributed by atoms with E-state index >= 15 is 0 Å². The van der Waals surface area contributed by atoms with Gasteiger partial charge in [0.25, 0.3) is 11.7 Å². The van der Waals surface area contributed by atoms with Gasteiger partial charge in [-0.3, -0.25) is 19.9 Å². The Kier molecular flexibility index (Phi) is 4.83. The minimum absolute atomic E-state index is 0.176. The molecular formula is C16H16N2O4. The zero-order chi connectivity index (χ0) is 16.1. The number of hydrogen-bond donors (Lipinski definition) is 1. The van der Waals surface area contributed by atoms with E-state index in [0.29, 0.717) is 0 Å². The van der Waals surface area contributed by atoms with Crippen LogP contribution in [0.3, 0.4) is 0 Å². The number of carboxylic acids is 1. The van der Waals surface area contributed by atoms with Crippen LogP contribution in [0.25, 0.3) is 0 Å². The molecule has 0 aliphatic heterocycles. The SMILES string of the molecule is CC(=O)O.O=[N+]([O-])c1ccc2c(c1)CCC2c1ccccn1. The van der Waals surface area contributed by atoms with Crippen molar-refractivity contribution in [2.75, 3.05) is 0 Å². The number of fused-ring (bicyclic) bond motifs is 1. The van der Waals surface area contributed by atoms with Crippen molar-refractivity contribution < 1.29 is 14.8 Å². The van der Waals surface area contributed by atoms with E-state index in [1.807, 2.05) is 24.3 Å².